The molecule has 1 heterocycles. The first-order valence-electron chi connectivity index (χ1n) is 7.69. The van der Waals surface area contributed by atoms with Crippen molar-refractivity contribution in [2.24, 2.45) is 0 Å². The lowest BCUT2D eigenvalue weighted by Crippen LogP contribution is -3.00. The van der Waals surface area contributed by atoms with Crippen LogP contribution in [0.1, 0.15) is 46.9 Å². The summed E-state index contributed by atoms with van der Waals surface area (Å²) in [5.41, 5.74) is 4.32. The van der Waals surface area contributed by atoms with Crippen LogP contribution in [0.3, 0.4) is 0 Å². The first kappa shape index (κ1) is 18.6. The van der Waals surface area contributed by atoms with Crippen molar-refractivity contribution in [3.8, 4) is 0 Å². The Morgan fingerprint density at radius 1 is 1.14 bits per heavy atom. The number of rotatable bonds is 6. The molecule has 22 heavy (non-hydrogen) atoms. The third-order valence-electron chi connectivity index (χ3n) is 3.82. The number of aryl methyl sites for hydroxylation is 3. The maximum absolute atomic E-state index is 12.6. The molecule has 0 aliphatic heterocycles. The minimum absolute atomic E-state index is 0. The Morgan fingerprint density at radius 2 is 1.91 bits per heavy atom. The van der Waals surface area contributed by atoms with E-state index in [4.69, 9.17) is 0 Å². The molecule has 118 valence electrons. The highest BCUT2D eigenvalue weighted by Crippen LogP contribution is 2.11. The standard InChI is InChI=1S/C19H24NO.BrH/c1-4-5-8-17-9-6-7-12-20(17)14-19(21)18-11-10-15(2)13-16(18)3;/h6-7,9-13H,4-5,8,14H2,1-3H3;1H/q+1;/p-1. The fourth-order valence-electron chi connectivity index (χ4n) is 2.62. The first-order chi connectivity index (χ1) is 10.1. The number of carbonyl (C=O) groups is 1. The van der Waals surface area contributed by atoms with Gasteiger partial charge in [-0.25, -0.2) is 0 Å². The van der Waals surface area contributed by atoms with Gasteiger partial charge in [0.2, 0.25) is 12.3 Å². The van der Waals surface area contributed by atoms with Crippen molar-refractivity contribution in [3.05, 3.63) is 65.0 Å². The average Bonchev–Trinajstić information content (AvgIpc) is 2.46. The fourth-order valence-corrected chi connectivity index (χ4v) is 2.62. The van der Waals surface area contributed by atoms with Gasteiger partial charge >= 0.3 is 0 Å². The second-order valence-corrected chi connectivity index (χ2v) is 5.66. The summed E-state index contributed by atoms with van der Waals surface area (Å²) in [5.74, 6) is 0.182. The number of hydrogen-bond acceptors (Lipinski definition) is 1. The van der Waals surface area contributed by atoms with Crippen molar-refractivity contribution in [1.29, 1.82) is 0 Å². The van der Waals surface area contributed by atoms with Crippen molar-refractivity contribution in [1.82, 2.24) is 0 Å². The summed E-state index contributed by atoms with van der Waals surface area (Å²) in [5, 5.41) is 0. The van der Waals surface area contributed by atoms with Crippen LogP contribution in [-0.2, 0) is 13.0 Å². The van der Waals surface area contributed by atoms with Gasteiger partial charge in [0.05, 0.1) is 0 Å². The highest BCUT2D eigenvalue weighted by Gasteiger charge is 2.17. The van der Waals surface area contributed by atoms with E-state index in [1.807, 2.05) is 37.4 Å². The number of Topliss-reactive ketones (excluding diaryl/α,β-unsaturated/α-hetero) is 1. The SMILES string of the molecule is CCCCc1cccc[n+]1CC(=O)c1ccc(C)cc1C.[Br-]. The second kappa shape index (κ2) is 8.84. The Morgan fingerprint density at radius 3 is 2.59 bits per heavy atom. The van der Waals surface area contributed by atoms with Crippen LogP contribution in [0.2, 0.25) is 0 Å². The first-order valence-corrected chi connectivity index (χ1v) is 7.69. The molecular formula is C19H24BrNO. The van der Waals surface area contributed by atoms with Crippen molar-refractivity contribution < 1.29 is 26.3 Å². The number of aromatic nitrogens is 1. The van der Waals surface area contributed by atoms with Crippen LogP contribution in [0.15, 0.2) is 42.6 Å². The number of nitrogens with zero attached hydrogens (tertiary/aromatic N) is 1. The van der Waals surface area contributed by atoms with Crippen molar-refractivity contribution in [2.75, 3.05) is 0 Å². The summed E-state index contributed by atoms with van der Waals surface area (Å²) in [4.78, 5) is 12.6. The predicted molar refractivity (Wildman–Crippen MR) is 85.5 cm³/mol. The highest BCUT2D eigenvalue weighted by atomic mass is 79.9. The molecule has 0 saturated carbocycles. The van der Waals surface area contributed by atoms with Gasteiger partial charge < -0.3 is 17.0 Å². The molecule has 0 aliphatic rings. The number of benzene rings is 1. The zero-order valence-corrected chi connectivity index (χ0v) is 15.2. The van der Waals surface area contributed by atoms with Crippen molar-refractivity contribution in [3.63, 3.8) is 0 Å². The number of ketones is 1. The zero-order chi connectivity index (χ0) is 15.2. The molecule has 0 unspecified atom stereocenters. The molecule has 0 N–H and O–H groups in total. The van der Waals surface area contributed by atoms with Gasteiger partial charge in [-0.05, 0) is 25.8 Å². The molecule has 0 amide bonds. The van der Waals surface area contributed by atoms with Gasteiger partial charge in [0.25, 0.3) is 0 Å². The van der Waals surface area contributed by atoms with Crippen LogP contribution in [0.5, 0.6) is 0 Å². The Bertz CT molecular complexity index is 637. The van der Waals surface area contributed by atoms with Crippen LogP contribution < -0.4 is 21.5 Å². The third-order valence-corrected chi connectivity index (χ3v) is 3.82. The summed E-state index contributed by atoms with van der Waals surface area (Å²) in [6, 6.07) is 12.2. The average molecular weight is 362 g/mol. The lowest BCUT2D eigenvalue weighted by atomic mass is 10.0. The van der Waals surface area contributed by atoms with Crippen LogP contribution in [0, 0.1) is 13.8 Å². The summed E-state index contributed by atoms with van der Waals surface area (Å²) in [6.07, 6.45) is 5.35. The molecule has 1 aromatic heterocycles. The Labute approximate surface area is 144 Å². The summed E-state index contributed by atoms with van der Waals surface area (Å²) in [7, 11) is 0. The molecule has 0 bridgehead atoms. The fraction of sp³-hybridized carbons (Fsp3) is 0.368. The van der Waals surface area contributed by atoms with Crippen molar-refractivity contribution in [2.45, 2.75) is 46.6 Å². The Kier molecular flexibility index (Phi) is 7.46. The van der Waals surface area contributed by atoms with Crippen LogP contribution in [-0.4, -0.2) is 5.78 Å². The minimum atomic E-state index is 0. The van der Waals surface area contributed by atoms with Crippen molar-refractivity contribution >= 4 is 5.78 Å². The molecule has 0 atom stereocenters. The molecule has 0 saturated heterocycles. The topological polar surface area (TPSA) is 20.9 Å². The third kappa shape index (κ3) is 4.77. The van der Waals surface area contributed by atoms with Gasteiger partial charge in [-0.15, -0.1) is 0 Å². The van der Waals surface area contributed by atoms with Gasteiger partial charge in [0.15, 0.2) is 11.9 Å². The molecule has 2 rings (SSSR count). The number of halogens is 1. The summed E-state index contributed by atoms with van der Waals surface area (Å²) < 4.78 is 2.08. The van der Waals surface area contributed by atoms with E-state index >= 15 is 0 Å². The van der Waals surface area contributed by atoms with Gasteiger partial charge in [-0.1, -0.05) is 43.2 Å². The molecule has 0 spiro atoms. The van der Waals surface area contributed by atoms with E-state index < -0.39 is 0 Å². The maximum atomic E-state index is 12.6. The van der Waals surface area contributed by atoms with Crippen LogP contribution in [0.25, 0.3) is 0 Å². The van der Waals surface area contributed by atoms with E-state index in [1.165, 1.54) is 17.7 Å². The van der Waals surface area contributed by atoms with Gasteiger partial charge in [0.1, 0.15) is 0 Å². The normalized spacial score (nSPS) is 10.1. The van der Waals surface area contributed by atoms with E-state index in [0.717, 1.165) is 24.0 Å². The lowest BCUT2D eigenvalue weighted by Gasteiger charge is -2.06. The van der Waals surface area contributed by atoms with Gasteiger partial charge in [-0.3, -0.25) is 4.79 Å². The van der Waals surface area contributed by atoms with Gasteiger partial charge in [-0.2, -0.15) is 4.57 Å². The van der Waals surface area contributed by atoms with Gasteiger partial charge in [0, 0.05) is 24.1 Å². The molecule has 2 aromatic rings. The van der Waals surface area contributed by atoms with Crippen LogP contribution >= 0.6 is 0 Å². The maximum Gasteiger partial charge on any atom is 0.227 e. The smallest absolute Gasteiger partial charge is 0.227 e. The molecule has 3 heteroatoms. The van der Waals surface area contributed by atoms with E-state index in [0.29, 0.717) is 6.54 Å². The molecule has 1 aromatic carbocycles. The molecule has 0 radical (unpaired) electrons. The number of unbranched alkanes of at least 4 members (excludes halogenated alkanes) is 1. The molecular weight excluding hydrogens is 338 g/mol. The number of pyridine rings is 1. The summed E-state index contributed by atoms with van der Waals surface area (Å²) in [6.45, 7) is 6.67. The Hall–Kier alpha value is -1.48. The molecule has 0 fully saturated rings. The Balaban J connectivity index is 0.00000242. The number of hydrogen-bond donors (Lipinski definition) is 0. The minimum Gasteiger partial charge on any atom is -1.00 e. The largest absolute Gasteiger partial charge is 1.00 e. The van der Waals surface area contributed by atoms with E-state index in [1.54, 1.807) is 0 Å². The summed E-state index contributed by atoms with van der Waals surface area (Å²) >= 11 is 0. The van der Waals surface area contributed by atoms with E-state index in [9.17, 15) is 4.79 Å². The van der Waals surface area contributed by atoms with E-state index in [2.05, 4.69) is 30.5 Å². The highest BCUT2D eigenvalue weighted by molar-refractivity contribution is 5.96. The predicted octanol–water partition coefficient (Wildman–Crippen LogP) is 0.820. The zero-order valence-electron chi connectivity index (χ0n) is 13.6. The molecule has 2 nitrogen and oxygen atoms in total. The number of carbonyl (C=O) groups excluding carboxylic acids is 1. The van der Waals surface area contributed by atoms with E-state index in [-0.39, 0.29) is 22.8 Å². The van der Waals surface area contributed by atoms with Crippen LogP contribution in [0.4, 0.5) is 0 Å². The lowest BCUT2D eigenvalue weighted by molar-refractivity contribution is -0.690. The quantitative estimate of drug-likeness (QED) is 0.551. The molecule has 0 aliphatic carbocycles. The second-order valence-electron chi connectivity index (χ2n) is 5.66. The monoisotopic (exact) mass is 361 g/mol.